The lowest BCUT2D eigenvalue weighted by atomic mass is 9.84. The molecule has 1 saturated carbocycles. The number of aliphatic hydroxyl groups is 10. The number of aliphatic hydroxyl groups excluding tert-OH is 10. The van der Waals surface area contributed by atoms with Crippen LogP contribution in [-0.2, 0) is 71.4 Å². The van der Waals surface area contributed by atoms with Crippen LogP contribution in [0.4, 0.5) is 0 Å². The van der Waals surface area contributed by atoms with Crippen LogP contribution >= 0.6 is 11.8 Å². The largest absolute Gasteiger partial charge is 0.493 e. The van der Waals surface area contributed by atoms with Gasteiger partial charge in [-0.1, -0.05) is 308 Å². The van der Waals surface area contributed by atoms with E-state index < -0.39 is 0 Å². The molecule has 17 nitrogen and oxygen atoms in total. The summed E-state index contributed by atoms with van der Waals surface area (Å²) in [5, 5.41) is 88.1. The zero-order valence-electron chi connectivity index (χ0n) is 77.4. The fraction of sp³-hybridized carbons (Fsp3) is 0.444. The van der Waals surface area contributed by atoms with Crippen molar-refractivity contribution in [3.63, 3.8) is 0 Å². The van der Waals surface area contributed by atoms with Gasteiger partial charge in [0.15, 0.2) is 11.5 Å². The van der Waals surface area contributed by atoms with E-state index in [9.17, 15) is 5.11 Å². The molecule has 1 fully saturated rings. The summed E-state index contributed by atoms with van der Waals surface area (Å²) in [7, 11) is 0. The van der Waals surface area contributed by atoms with Crippen LogP contribution in [0, 0.1) is 11.8 Å². The number of unbranched alkanes of at least 4 members (excludes halogenated alkanes) is 1. The van der Waals surface area contributed by atoms with Crippen LogP contribution < -0.4 is 33.2 Å². The molecule has 0 aliphatic heterocycles. The van der Waals surface area contributed by atoms with Crippen LogP contribution in [0.2, 0.25) is 0 Å². The highest BCUT2D eigenvalue weighted by Gasteiger charge is 2.17. The zero-order valence-corrected chi connectivity index (χ0v) is 78.3. The van der Waals surface area contributed by atoms with Crippen LogP contribution in [0.1, 0.15) is 207 Å². The van der Waals surface area contributed by atoms with Crippen molar-refractivity contribution in [2.24, 2.45) is 11.8 Å². The summed E-state index contributed by atoms with van der Waals surface area (Å²) < 4.78 is 37.9. The number of para-hydroxylation sites is 7. The minimum atomic E-state index is 0.0160. The normalized spacial score (nSPS) is 11.9. The molecule has 0 bridgehead atoms. The second-order valence-electron chi connectivity index (χ2n) is 29.7. The molecule has 1 aliphatic rings. The third-order valence-corrected chi connectivity index (χ3v) is 20.6. The topological polar surface area (TPSA) is 267 Å². The monoisotopic (exact) mass is 1760 g/mol. The Kier molecular flexibility index (Phi) is 68.9. The Labute approximate surface area is 760 Å². The number of ether oxygens (including phenoxy) is 7. The summed E-state index contributed by atoms with van der Waals surface area (Å²) in [6.07, 6.45) is 20.8. The van der Waals surface area contributed by atoms with Gasteiger partial charge in [0.1, 0.15) is 55.2 Å². The SMILES string of the molecule is CC1CCC(CO)CC1.CCCCc1ccccc1OCCO.CCCOc1ccccc1CCO.CCCOc1ccccc1CO.CCCOc1ccccc1OCCO.CCCc1cccc(CO)c1.CCCc1ccccc1CO.CCCc1ccccc1OCCO.CCc1ccccc1OCCO.CCc1ccccc1Sc1ccccc1CO. The van der Waals surface area contributed by atoms with Gasteiger partial charge in [0.05, 0.1) is 72.7 Å². The number of hydrogen-bond donors (Lipinski definition) is 10. The highest BCUT2D eigenvalue weighted by atomic mass is 32.2. The molecule has 10 N–H and O–H groups in total. The van der Waals surface area contributed by atoms with Gasteiger partial charge in [-0.2, -0.15) is 0 Å². The molecule has 126 heavy (non-hydrogen) atoms. The maximum absolute atomic E-state index is 9.31. The van der Waals surface area contributed by atoms with Crippen molar-refractivity contribution in [3.05, 3.63) is 304 Å². The van der Waals surface area contributed by atoms with Crippen molar-refractivity contribution < 1.29 is 84.2 Å². The predicted molar refractivity (Wildman–Crippen MR) is 518 cm³/mol. The first-order valence-corrected chi connectivity index (χ1v) is 46.5. The second kappa shape index (κ2) is 76.9. The van der Waals surface area contributed by atoms with Gasteiger partial charge in [-0.25, -0.2) is 0 Å². The molecule has 0 heterocycles. The first kappa shape index (κ1) is 113. The van der Waals surface area contributed by atoms with Gasteiger partial charge in [-0.3, -0.25) is 0 Å². The second-order valence-corrected chi connectivity index (χ2v) is 30.8. The van der Waals surface area contributed by atoms with Gasteiger partial charge in [-0.05, 0) is 206 Å². The third kappa shape index (κ3) is 50.3. The summed E-state index contributed by atoms with van der Waals surface area (Å²) >= 11 is 1.73. The molecule has 0 amide bonds. The molecule has 10 aromatic carbocycles. The van der Waals surface area contributed by atoms with Crippen molar-refractivity contribution in [3.8, 4) is 40.2 Å². The lowest BCUT2D eigenvalue weighted by Gasteiger charge is -2.23. The first-order chi connectivity index (χ1) is 61.7. The van der Waals surface area contributed by atoms with E-state index in [2.05, 4.69) is 130 Å². The van der Waals surface area contributed by atoms with Crippen LogP contribution in [0.5, 0.6) is 40.2 Å². The fourth-order valence-electron chi connectivity index (χ4n) is 12.6. The van der Waals surface area contributed by atoms with Crippen molar-refractivity contribution >= 4 is 11.8 Å². The highest BCUT2D eigenvalue weighted by Crippen LogP contribution is 2.34. The van der Waals surface area contributed by atoms with Crippen LogP contribution in [0.3, 0.4) is 0 Å². The van der Waals surface area contributed by atoms with Gasteiger partial charge in [0, 0.05) is 28.6 Å². The number of aryl methyl sites for hydroxylation is 6. The molecule has 10 aromatic rings. The van der Waals surface area contributed by atoms with Crippen LogP contribution in [-0.4, -0.2) is 137 Å². The van der Waals surface area contributed by atoms with Crippen LogP contribution in [0.25, 0.3) is 0 Å². The molecule has 0 saturated heterocycles. The highest BCUT2D eigenvalue weighted by molar-refractivity contribution is 7.99. The van der Waals surface area contributed by atoms with Crippen molar-refractivity contribution in [2.45, 2.75) is 227 Å². The molecular formula is C108H154O17S. The number of rotatable bonds is 41. The van der Waals surface area contributed by atoms with Crippen molar-refractivity contribution in [2.75, 3.05) is 85.9 Å². The summed E-state index contributed by atoms with van der Waals surface area (Å²) in [4.78, 5) is 2.41. The van der Waals surface area contributed by atoms with E-state index in [1.807, 2.05) is 182 Å². The third-order valence-electron chi connectivity index (χ3n) is 19.4. The molecule has 0 aromatic heterocycles. The van der Waals surface area contributed by atoms with Gasteiger partial charge < -0.3 is 84.2 Å². The number of hydrogen-bond acceptors (Lipinski definition) is 18. The van der Waals surface area contributed by atoms with E-state index in [1.54, 1.807) is 11.8 Å². The molecule has 11 rings (SSSR count). The molecule has 0 unspecified atom stereocenters. The van der Waals surface area contributed by atoms with Crippen LogP contribution in [0.15, 0.2) is 252 Å². The molecule has 1 aliphatic carbocycles. The van der Waals surface area contributed by atoms with Gasteiger partial charge in [0.25, 0.3) is 0 Å². The maximum Gasteiger partial charge on any atom is 0.161 e. The maximum atomic E-state index is 9.31. The molecule has 0 radical (unpaired) electrons. The Hall–Kier alpha value is -9.25. The van der Waals surface area contributed by atoms with E-state index in [-0.39, 0.29) is 59.5 Å². The van der Waals surface area contributed by atoms with Gasteiger partial charge in [0.2, 0.25) is 0 Å². The Morgan fingerprint density at radius 3 is 0.984 bits per heavy atom. The Morgan fingerprint density at radius 1 is 0.254 bits per heavy atom. The van der Waals surface area contributed by atoms with E-state index in [0.717, 1.165) is 157 Å². The minimum absolute atomic E-state index is 0.0160. The lowest BCUT2D eigenvalue weighted by molar-refractivity contribution is 0.172. The average molecular weight is 1760 g/mol. The Balaban J connectivity index is 0.000000476. The molecular weight excluding hydrogens is 1600 g/mol. The average Bonchev–Trinajstić information content (AvgIpc) is 0.858. The molecule has 694 valence electrons. The molecule has 0 spiro atoms. The lowest BCUT2D eigenvalue weighted by Crippen LogP contribution is -2.14. The van der Waals surface area contributed by atoms with E-state index in [4.69, 9.17) is 79.1 Å². The summed E-state index contributed by atoms with van der Waals surface area (Å²) in [5.41, 5.74) is 12.6. The minimum Gasteiger partial charge on any atom is -0.493 e. The van der Waals surface area contributed by atoms with E-state index in [0.29, 0.717) is 64.3 Å². The van der Waals surface area contributed by atoms with E-state index >= 15 is 0 Å². The van der Waals surface area contributed by atoms with Gasteiger partial charge >= 0.3 is 0 Å². The first-order valence-electron chi connectivity index (χ1n) is 45.7. The fourth-order valence-corrected chi connectivity index (χ4v) is 13.8. The smallest absolute Gasteiger partial charge is 0.161 e. The quantitative estimate of drug-likeness (QED) is 0.0171. The summed E-state index contributed by atoms with van der Waals surface area (Å²) in [6.45, 7) is 26.2. The molecule has 0 atom stereocenters. The molecule has 18 heteroatoms. The standard InChI is InChI=1S/C15H16OS.C12H18O2.C11H16O3.2C11H16O2.2C10H14O2.2C10H14O.C8H16O/c1-2-12-7-3-5-9-14(12)17-15-10-6-4-8-13(15)11-16;1-2-3-6-11-7-4-5-8-12(11)14-10-9-13;1-2-8-13-10-5-3-4-6-11(10)14-9-7-12;1-2-9-13-11-6-4-3-5-10(11)7-8-12;1-2-5-10-6-3-4-7-11(10)13-9-8-12;1-2-9-5-3-4-6-10(9)12-8-7-11;1-2-7-12-10-6-4-3-5-9(10)8-11;1-2-5-9-6-3-4-7-10(9)8-11;1-2-4-9-5-3-6-10(7-9)8-11;1-7-2-4-8(6-9)5-3-7/h3-10,16H,2,11H2,1H3;4-5,7-8,13H,2-3,6,9-10H2,1H3;3-6,12H,2,7-9H2,1H3;3-6,12H,2,7-9H2,1H3;3-4,6-7,12H,2,5,8-9H2,1H3;2*3-6,11H,2,7-8H2,1H3;3-4,6-7,11H,2,5,8H2,1H3;3,5-7,11H,2,4,8H2,1H3;7-9H,2-6H2,1H3. The zero-order chi connectivity index (χ0) is 92.1. The van der Waals surface area contributed by atoms with Crippen molar-refractivity contribution in [1.29, 1.82) is 0 Å². The summed E-state index contributed by atoms with van der Waals surface area (Å²) in [5.74, 6) is 7.36. The van der Waals surface area contributed by atoms with Gasteiger partial charge in [-0.15, -0.1) is 0 Å². The Bertz CT molecular complexity index is 3960. The Morgan fingerprint density at radius 2 is 0.579 bits per heavy atom. The van der Waals surface area contributed by atoms with E-state index in [1.165, 1.54) is 76.8 Å². The summed E-state index contributed by atoms with van der Waals surface area (Å²) in [6, 6.07) is 79.3. The van der Waals surface area contributed by atoms with Crippen molar-refractivity contribution in [1.82, 2.24) is 0 Å². The predicted octanol–water partition coefficient (Wildman–Crippen LogP) is 21.8. The number of benzene rings is 10.